The van der Waals surface area contributed by atoms with Crippen molar-refractivity contribution < 1.29 is 18.7 Å². The maximum atomic E-state index is 13.9. The molecule has 0 fully saturated rings. The number of methoxy groups -OCH3 is 1. The van der Waals surface area contributed by atoms with Crippen LogP contribution in [0.25, 0.3) is 0 Å². The molecule has 27 heavy (non-hydrogen) atoms. The van der Waals surface area contributed by atoms with Crippen molar-refractivity contribution in [2.75, 3.05) is 13.4 Å². The van der Waals surface area contributed by atoms with E-state index in [0.29, 0.717) is 10.0 Å². The second-order valence-electron chi connectivity index (χ2n) is 5.91. The zero-order chi connectivity index (χ0) is 19.8. The number of rotatable bonds is 8. The second kappa shape index (κ2) is 10.5. The first kappa shape index (κ1) is 21.4. The molecule has 0 saturated heterocycles. The lowest BCUT2D eigenvalue weighted by Gasteiger charge is -2.18. The minimum Gasteiger partial charge on any atom is -0.469 e. The monoisotopic (exact) mass is 453 g/mol. The third-order valence-electron chi connectivity index (χ3n) is 4.09. The molecule has 0 radical (unpaired) electrons. The van der Waals surface area contributed by atoms with Crippen LogP contribution < -0.4 is 5.32 Å². The van der Waals surface area contributed by atoms with Gasteiger partial charge in [0.1, 0.15) is 5.82 Å². The summed E-state index contributed by atoms with van der Waals surface area (Å²) in [6, 6.07) is 11.9. The first-order valence-corrected chi connectivity index (χ1v) is 10.4. The van der Waals surface area contributed by atoms with E-state index in [1.165, 1.54) is 13.2 Å². The van der Waals surface area contributed by atoms with Gasteiger partial charge in [0, 0.05) is 15.8 Å². The zero-order valence-electron chi connectivity index (χ0n) is 15.1. The molecule has 0 aliphatic carbocycles. The third kappa shape index (κ3) is 6.66. The lowest BCUT2D eigenvalue weighted by molar-refractivity contribution is -0.141. The van der Waals surface area contributed by atoms with E-state index in [4.69, 9.17) is 4.74 Å². The first-order chi connectivity index (χ1) is 12.9. The van der Waals surface area contributed by atoms with Gasteiger partial charge in [-0.15, -0.1) is 11.8 Å². The van der Waals surface area contributed by atoms with Gasteiger partial charge >= 0.3 is 5.97 Å². The highest BCUT2D eigenvalue weighted by molar-refractivity contribution is 9.10. The van der Waals surface area contributed by atoms with Gasteiger partial charge in [0.15, 0.2) is 0 Å². The molecule has 2 aromatic carbocycles. The average molecular weight is 454 g/mol. The van der Waals surface area contributed by atoms with E-state index in [0.717, 1.165) is 10.5 Å². The summed E-state index contributed by atoms with van der Waals surface area (Å²) in [7, 11) is 1.31. The number of thioether (sulfide) groups is 1. The van der Waals surface area contributed by atoms with E-state index < -0.39 is 12.0 Å². The predicted octanol–water partition coefficient (Wildman–Crippen LogP) is 4.66. The maximum absolute atomic E-state index is 13.9. The Labute approximate surface area is 171 Å². The number of aryl methyl sites for hydroxylation is 1. The van der Waals surface area contributed by atoms with Gasteiger partial charge in [0.25, 0.3) is 0 Å². The average Bonchev–Trinajstić information content (AvgIpc) is 2.66. The van der Waals surface area contributed by atoms with Crippen molar-refractivity contribution in [3.63, 3.8) is 0 Å². The van der Waals surface area contributed by atoms with Crippen molar-refractivity contribution in [2.24, 2.45) is 0 Å². The molecule has 1 N–H and O–H groups in total. The molecule has 1 amide bonds. The standard InChI is InChI=1S/C20H21BrFNO3S/c1-26-20(25)12-18(14-4-8-16(27-2)9-5-14)23-19(24)10-6-13-3-7-15(21)11-17(13)22/h3-5,7-9,11,18H,6,10,12H2,1-2H3,(H,23,24). The van der Waals surface area contributed by atoms with E-state index in [2.05, 4.69) is 21.2 Å². The van der Waals surface area contributed by atoms with E-state index in [1.807, 2.05) is 30.5 Å². The van der Waals surface area contributed by atoms with Gasteiger partial charge in [-0.3, -0.25) is 9.59 Å². The fourth-order valence-electron chi connectivity index (χ4n) is 2.58. The molecule has 1 atom stereocenters. The molecule has 4 nitrogen and oxygen atoms in total. The number of benzene rings is 2. The van der Waals surface area contributed by atoms with Crippen LogP contribution in [0.15, 0.2) is 51.8 Å². The van der Waals surface area contributed by atoms with E-state index in [-0.39, 0.29) is 31.0 Å². The van der Waals surface area contributed by atoms with E-state index in [1.54, 1.807) is 23.9 Å². The van der Waals surface area contributed by atoms with E-state index in [9.17, 15) is 14.0 Å². The largest absolute Gasteiger partial charge is 0.469 e. The van der Waals surface area contributed by atoms with Crippen molar-refractivity contribution in [1.29, 1.82) is 0 Å². The third-order valence-corrected chi connectivity index (χ3v) is 5.33. The summed E-state index contributed by atoms with van der Waals surface area (Å²) in [6.07, 6.45) is 2.41. The number of esters is 1. The second-order valence-corrected chi connectivity index (χ2v) is 7.70. The Balaban J connectivity index is 2.04. The van der Waals surface area contributed by atoms with Crippen LogP contribution >= 0.6 is 27.7 Å². The molecule has 2 aromatic rings. The van der Waals surface area contributed by atoms with Gasteiger partial charge in [-0.1, -0.05) is 34.1 Å². The predicted molar refractivity (Wildman–Crippen MR) is 108 cm³/mol. The van der Waals surface area contributed by atoms with Crippen molar-refractivity contribution in [2.45, 2.75) is 30.2 Å². The van der Waals surface area contributed by atoms with Crippen LogP contribution in [0.5, 0.6) is 0 Å². The number of carbonyl (C=O) groups is 2. The number of hydrogen-bond acceptors (Lipinski definition) is 4. The molecule has 0 aliphatic rings. The van der Waals surface area contributed by atoms with Crippen molar-refractivity contribution in [3.05, 3.63) is 63.9 Å². The van der Waals surface area contributed by atoms with Crippen LogP contribution in [0.2, 0.25) is 0 Å². The quantitative estimate of drug-likeness (QED) is 0.466. The Hall–Kier alpha value is -1.86. The molecule has 0 aromatic heterocycles. The molecular formula is C20H21BrFNO3S. The first-order valence-electron chi connectivity index (χ1n) is 8.37. The lowest BCUT2D eigenvalue weighted by Crippen LogP contribution is -2.30. The Morgan fingerprint density at radius 2 is 1.93 bits per heavy atom. The molecule has 0 spiro atoms. The van der Waals surface area contributed by atoms with Gasteiger partial charge in [-0.2, -0.15) is 0 Å². The van der Waals surface area contributed by atoms with Crippen LogP contribution in [-0.4, -0.2) is 25.2 Å². The number of carbonyl (C=O) groups excluding carboxylic acids is 2. The van der Waals surface area contributed by atoms with Gasteiger partial charge < -0.3 is 10.1 Å². The summed E-state index contributed by atoms with van der Waals surface area (Å²) in [4.78, 5) is 25.2. The lowest BCUT2D eigenvalue weighted by atomic mass is 10.0. The normalized spacial score (nSPS) is 11.7. The fourth-order valence-corrected chi connectivity index (χ4v) is 3.32. The molecule has 0 saturated carbocycles. The van der Waals surface area contributed by atoms with Gasteiger partial charge in [-0.25, -0.2) is 4.39 Å². The number of halogens is 2. The SMILES string of the molecule is COC(=O)CC(NC(=O)CCc1ccc(Br)cc1F)c1ccc(SC)cc1. The Kier molecular flexibility index (Phi) is 8.31. The highest BCUT2D eigenvalue weighted by atomic mass is 79.9. The summed E-state index contributed by atoms with van der Waals surface area (Å²) in [5, 5.41) is 2.86. The van der Waals surface area contributed by atoms with Crippen molar-refractivity contribution in [1.82, 2.24) is 5.32 Å². The number of ether oxygens (including phenoxy) is 1. The summed E-state index contributed by atoms with van der Waals surface area (Å²) in [5.41, 5.74) is 1.29. The molecule has 0 heterocycles. The summed E-state index contributed by atoms with van der Waals surface area (Å²) in [5.74, 6) is -1.01. The smallest absolute Gasteiger partial charge is 0.307 e. The van der Waals surface area contributed by atoms with Crippen molar-refractivity contribution in [3.8, 4) is 0 Å². The van der Waals surface area contributed by atoms with Gasteiger partial charge in [-0.05, 0) is 48.1 Å². The molecule has 2 rings (SSSR count). The van der Waals surface area contributed by atoms with Crippen LogP contribution in [-0.2, 0) is 20.7 Å². The number of nitrogens with one attached hydrogen (secondary N) is 1. The van der Waals surface area contributed by atoms with E-state index >= 15 is 0 Å². The maximum Gasteiger partial charge on any atom is 0.307 e. The summed E-state index contributed by atoms with van der Waals surface area (Å²) >= 11 is 4.82. The Morgan fingerprint density at radius 1 is 1.22 bits per heavy atom. The topological polar surface area (TPSA) is 55.4 Å². The van der Waals surface area contributed by atoms with Crippen LogP contribution in [0.1, 0.15) is 30.0 Å². The van der Waals surface area contributed by atoms with Gasteiger partial charge in [0.2, 0.25) is 5.91 Å². The highest BCUT2D eigenvalue weighted by Crippen LogP contribution is 2.22. The zero-order valence-corrected chi connectivity index (χ0v) is 17.5. The molecule has 1 unspecified atom stereocenters. The number of hydrogen-bond donors (Lipinski definition) is 1. The molecule has 0 aliphatic heterocycles. The van der Waals surface area contributed by atoms with Crippen LogP contribution in [0.4, 0.5) is 4.39 Å². The summed E-state index contributed by atoms with van der Waals surface area (Å²) in [6.45, 7) is 0. The molecule has 7 heteroatoms. The minimum atomic E-state index is -0.490. The fraction of sp³-hybridized carbons (Fsp3) is 0.300. The Morgan fingerprint density at radius 3 is 2.52 bits per heavy atom. The molecule has 144 valence electrons. The van der Waals surface area contributed by atoms with Crippen LogP contribution in [0.3, 0.4) is 0 Å². The molecule has 0 bridgehead atoms. The molecular weight excluding hydrogens is 433 g/mol. The van der Waals surface area contributed by atoms with Crippen molar-refractivity contribution >= 4 is 39.6 Å². The highest BCUT2D eigenvalue weighted by Gasteiger charge is 2.19. The van der Waals surface area contributed by atoms with Gasteiger partial charge in [0.05, 0.1) is 19.6 Å². The minimum absolute atomic E-state index is 0.0352. The summed E-state index contributed by atoms with van der Waals surface area (Å²) < 4.78 is 19.3. The van der Waals surface area contributed by atoms with Crippen LogP contribution in [0, 0.1) is 5.82 Å². The Bertz CT molecular complexity index is 798. The number of amides is 1.